The Bertz CT molecular complexity index is 984. The van der Waals surface area contributed by atoms with Crippen molar-refractivity contribution in [1.82, 2.24) is 25.7 Å². The van der Waals surface area contributed by atoms with Crippen LogP contribution in [-0.2, 0) is 11.3 Å². The van der Waals surface area contributed by atoms with E-state index in [1.807, 2.05) is 41.8 Å². The van der Waals surface area contributed by atoms with E-state index in [0.29, 0.717) is 22.6 Å². The molecule has 1 aliphatic heterocycles. The van der Waals surface area contributed by atoms with E-state index < -0.39 is 0 Å². The molecule has 1 amide bonds. The highest BCUT2D eigenvalue weighted by Gasteiger charge is 2.35. The Kier molecular flexibility index (Phi) is 4.54. The Balaban J connectivity index is 1.52. The summed E-state index contributed by atoms with van der Waals surface area (Å²) in [5.74, 6) is 0.273. The molecule has 0 saturated carbocycles. The number of thiophene rings is 1. The standard InChI is InChI=1S/C18H19N5O2S/c1-23(10-14-20-13-7-8-26-16(13)17(24)21-14)18(25)12-9-19-22-15(12)11-5-3-2-4-6-11/h2-8,12,15,19,22H,9-10H2,1H3,(H,20,21,24). The molecule has 1 fully saturated rings. The van der Waals surface area contributed by atoms with Crippen molar-refractivity contribution in [3.05, 3.63) is 63.5 Å². The van der Waals surface area contributed by atoms with Gasteiger partial charge < -0.3 is 9.88 Å². The van der Waals surface area contributed by atoms with Gasteiger partial charge in [-0.3, -0.25) is 15.0 Å². The summed E-state index contributed by atoms with van der Waals surface area (Å²) in [5, 5.41) is 1.84. The predicted octanol–water partition coefficient (Wildman–Crippen LogP) is 1.41. The smallest absolute Gasteiger partial charge is 0.268 e. The van der Waals surface area contributed by atoms with E-state index >= 15 is 0 Å². The summed E-state index contributed by atoms with van der Waals surface area (Å²) in [4.78, 5) is 33.9. The molecule has 2 atom stereocenters. The highest BCUT2D eigenvalue weighted by atomic mass is 32.1. The molecule has 3 aromatic rings. The van der Waals surface area contributed by atoms with Gasteiger partial charge in [0.1, 0.15) is 10.5 Å². The number of hydrogen-bond donors (Lipinski definition) is 3. The zero-order valence-corrected chi connectivity index (χ0v) is 15.0. The van der Waals surface area contributed by atoms with Crippen molar-refractivity contribution < 1.29 is 4.79 Å². The molecule has 134 valence electrons. The zero-order chi connectivity index (χ0) is 18.1. The van der Waals surface area contributed by atoms with Gasteiger partial charge in [-0.25, -0.2) is 10.4 Å². The minimum absolute atomic E-state index is 0.00409. The number of rotatable bonds is 4. The summed E-state index contributed by atoms with van der Waals surface area (Å²) in [6.07, 6.45) is 0. The first-order chi connectivity index (χ1) is 12.6. The lowest BCUT2D eigenvalue weighted by Gasteiger charge is -2.24. The third kappa shape index (κ3) is 3.14. The third-order valence-corrected chi connectivity index (χ3v) is 5.49. The number of aromatic nitrogens is 2. The van der Waals surface area contributed by atoms with E-state index in [4.69, 9.17) is 0 Å². The lowest BCUT2D eigenvalue weighted by molar-refractivity contribution is -0.134. The van der Waals surface area contributed by atoms with Crippen molar-refractivity contribution in [3.8, 4) is 0 Å². The lowest BCUT2D eigenvalue weighted by Crippen LogP contribution is -2.37. The Morgan fingerprint density at radius 3 is 2.92 bits per heavy atom. The van der Waals surface area contributed by atoms with E-state index in [9.17, 15) is 9.59 Å². The number of nitrogens with zero attached hydrogens (tertiary/aromatic N) is 2. The van der Waals surface area contributed by atoms with Gasteiger partial charge in [0, 0.05) is 13.6 Å². The molecule has 1 aliphatic rings. The molecule has 1 saturated heterocycles. The molecule has 0 aliphatic carbocycles. The maximum absolute atomic E-state index is 13.0. The predicted molar refractivity (Wildman–Crippen MR) is 101 cm³/mol. The van der Waals surface area contributed by atoms with Crippen LogP contribution in [0.25, 0.3) is 10.2 Å². The van der Waals surface area contributed by atoms with Crippen molar-refractivity contribution in [3.63, 3.8) is 0 Å². The number of fused-ring (bicyclic) bond motifs is 1. The minimum Gasteiger partial charge on any atom is -0.338 e. The molecular weight excluding hydrogens is 350 g/mol. The number of amides is 1. The summed E-state index contributed by atoms with van der Waals surface area (Å²) in [5.41, 5.74) is 7.84. The fraction of sp³-hybridized carbons (Fsp3) is 0.278. The van der Waals surface area contributed by atoms with Crippen LogP contribution in [-0.4, -0.2) is 34.4 Å². The maximum atomic E-state index is 13.0. The first-order valence-corrected chi connectivity index (χ1v) is 9.26. The number of hydrogen-bond acceptors (Lipinski definition) is 6. The van der Waals surface area contributed by atoms with Gasteiger partial charge in [0.25, 0.3) is 5.56 Å². The molecule has 0 spiro atoms. The molecule has 3 N–H and O–H groups in total. The van der Waals surface area contributed by atoms with Gasteiger partial charge in [-0.2, -0.15) is 0 Å². The highest BCUT2D eigenvalue weighted by Crippen LogP contribution is 2.26. The van der Waals surface area contributed by atoms with Crippen molar-refractivity contribution in [2.45, 2.75) is 12.6 Å². The monoisotopic (exact) mass is 369 g/mol. The summed E-state index contributed by atoms with van der Waals surface area (Å²) >= 11 is 1.36. The van der Waals surface area contributed by atoms with E-state index in [0.717, 1.165) is 5.56 Å². The molecule has 3 heterocycles. The zero-order valence-electron chi connectivity index (χ0n) is 14.2. The SMILES string of the molecule is CN(Cc1nc2ccsc2c(=O)[nH]1)C(=O)C1CNNC1c1ccccc1. The molecule has 0 bridgehead atoms. The highest BCUT2D eigenvalue weighted by molar-refractivity contribution is 7.17. The second kappa shape index (κ2) is 6.99. The van der Waals surface area contributed by atoms with Gasteiger partial charge in [0.2, 0.25) is 5.91 Å². The quantitative estimate of drug-likeness (QED) is 0.647. The third-order valence-electron chi connectivity index (χ3n) is 4.58. The summed E-state index contributed by atoms with van der Waals surface area (Å²) in [6, 6.07) is 11.6. The van der Waals surface area contributed by atoms with Crippen LogP contribution in [0.4, 0.5) is 0 Å². The topological polar surface area (TPSA) is 90.1 Å². The summed E-state index contributed by atoms with van der Waals surface area (Å²) in [6.45, 7) is 0.814. The van der Waals surface area contributed by atoms with E-state index in [-0.39, 0.29) is 30.0 Å². The number of H-pyrrole nitrogens is 1. The van der Waals surface area contributed by atoms with Crippen LogP contribution in [0.2, 0.25) is 0 Å². The fourth-order valence-corrected chi connectivity index (χ4v) is 4.01. The van der Waals surface area contributed by atoms with Gasteiger partial charge in [-0.1, -0.05) is 30.3 Å². The van der Waals surface area contributed by atoms with Gasteiger partial charge in [-0.05, 0) is 17.0 Å². The van der Waals surface area contributed by atoms with Crippen molar-refractivity contribution in [1.29, 1.82) is 0 Å². The van der Waals surface area contributed by atoms with Gasteiger partial charge >= 0.3 is 0 Å². The molecule has 2 unspecified atom stereocenters. The summed E-state index contributed by atoms with van der Waals surface area (Å²) < 4.78 is 0.607. The normalized spacial score (nSPS) is 19.7. The second-order valence-electron chi connectivity index (χ2n) is 6.36. The van der Waals surface area contributed by atoms with E-state index in [1.54, 1.807) is 11.9 Å². The van der Waals surface area contributed by atoms with Gasteiger partial charge in [-0.15, -0.1) is 11.3 Å². The average molecular weight is 369 g/mol. The summed E-state index contributed by atoms with van der Waals surface area (Å²) in [7, 11) is 1.74. The van der Waals surface area contributed by atoms with Crippen LogP contribution in [0.5, 0.6) is 0 Å². The molecule has 2 aromatic heterocycles. The number of nitrogens with one attached hydrogen (secondary N) is 3. The van der Waals surface area contributed by atoms with Crippen LogP contribution in [0.3, 0.4) is 0 Å². The van der Waals surface area contributed by atoms with Crippen LogP contribution in [0, 0.1) is 5.92 Å². The Morgan fingerprint density at radius 1 is 1.31 bits per heavy atom. The first-order valence-electron chi connectivity index (χ1n) is 8.38. The number of aromatic amines is 1. The van der Waals surface area contributed by atoms with Gasteiger partial charge in [0.15, 0.2) is 0 Å². The lowest BCUT2D eigenvalue weighted by atomic mass is 9.94. The number of benzene rings is 1. The number of carbonyl (C=O) groups excluding carboxylic acids is 1. The fourth-order valence-electron chi connectivity index (χ4n) is 3.29. The van der Waals surface area contributed by atoms with E-state index in [2.05, 4.69) is 20.8 Å². The Labute approximate surface area is 154 Å². The molecule has 26 heavy (non-hydrogen) atoms. The van der Waals surface area contributed by atoms with Crippen LogP contribution in [0.1, 0.15) is 17.4 Å². The molecule has 7 nitrogen and oxygen atoms in total. The number of hydrazine groups is 1. The van der Waals surface area contributed by atoms with Crippen LogP contribution >= 0.6 is 11.3 Å². The van der Waals surface area contributed by atoms with Crippen molar-refractivity contribution >= 4 is 27.5 Å². The van der Waals surface area contributed by atoms with Crippen LogP contribution < -0.4 is 16.4 Å². The molecule has 4 rings (SSSR count). The van der Waals surface area contributed by atoms with Gasteiger partial charge in [0.05, 0.1) is 24.0 Å². The molecular formula is C18H19N5O2S. The molecule has 0 radical (unpaired) electrons. The average Bonchev–Trinajstić information content (AvgIpc) is 3.31. The maximum Gasteiger partial charge on any atom is 0.268 e. The first kappa shape index (κ1) is 16.9. The number of carbonyl (C=O) groups is 1. The Morgan fingerprint density at radius 2 is 2.12 bits per heavy atom. The largest absolute Gasteiger partial charge is 0.338 e. The van der Waals surface area contributed by atoms with Crippen molar-refractivity contribution in [2.75, 3.05) is 13.6 Å². The second-order valence-corrected chi connectivity index (χ2v) is 7.28. The molecule has 1 aromatic carbocycles. The van der Waals surface area contributed by atoms with Crippen LogP contribution in [0.15, 0.2) is 46.6 Å². The van der Waals surface area contributed by atoms with E-state index in [1.165, 1.54) is 11.3 Å². The Hall–Kier alpha value is -2.55. The molecule has 8 heteroatoms. The minimum atomic E-state index is -0.223. The van der Waals surface area contributed by atoms with Crippen molar-refractivity contribution in [2.24, 2.45) is 5.92 Å².